The van der Waals surface area contributed by atoms with Gasteiger partial charge in [-0.05, 0) is 20.3 Å². The third kappa shape index (κ3) is 6.04. The Balaban J connectivity index is 0.000000770. The molecule has 0 spiro atoms. The minimum atomic E-state index is -3.04. The lowest BCUT2D eigenvalue weighted by molar-refractivity contribution is 0.0318. The fourth-order valence-corrected chi connectivity index (χ4v) is 4.39. The lowest BCUT2D eigenvalue weighted by atomic mass is 10.1. The van der Waals surface area contributed by atoms with Gasteiger partial charge in [-0.25, -0.2) is 0 Å². The van der Waals surface area contributed by atoms with E-state index in [1.165, 1.54) is 0 Å². The molecule has 2 N–H and O–H groups in total. The Bertz CT molecular complexity index is 260. The fourth-order valence-electron chi connectivity index (χ4n) is 1.59. The average Bonchev–Trinajstić information content (AvgIpc) is 2.53. The molecule has 6 nitrogen and oxygen atoms in total. The van der Waals surface area contributed by atoms with Crippen LogP contribution in [0.25, 0.3) is 0 Å². The SMILES string of the molecule is CC(O)C1O[Si](O)(CCCCl)OC1C.O=[Si]=O. The Morgan fingerprint density at radius 1 is 1.47 bits per heavy atom. The summed E-state index contributed by atoms with van der Waals surface area (Å²) in [6.45, 7) is 3.43. The lowest BCUT2D eigenvalue weighted by Crippen LogP contribution is -2.38. The molecule has 1 fully saturated rings. The molecular formula is C8H17ClO6Si2. The molecule has 4 atom stereocenters. The first-order valence-corrected chi connectivity index (χ1v) is 8.53. The van der Waals surface area contributed by atoms with E-state index >= 15 is 0 Å². The smallest absolute Gasteiger partial charge is 0.391 e. The van der Waals surface area contributed by atoms with E-state index in [1.807, 2.05) is 0 Å². The molecule has 100 valence electrons. The predicted molar refractivity (Wildman–Crippen MR) is 62.3 cm³/mol. The van der Waals surface area contributed by atoms with Gasteiger partial charge in [0.1, 0.15) is 0 Å². The van der Waals surface area contributed by atoms with Crippen molar-refractivity contribution in [2.45, 2.75) is 44.6 Å². The van der Waals surface area contributed by atoms with Gasteiger partial charge in [0.05, 0.1) is 18.3 Å². The molecule has 17 heavy (non-hydrogen) atoms. The van der Waals surface area contributed by atoms with Gasteiger partial charge in [0.15, 0.2) is 0 Å². The standard InChI is InChI=1S/C8H17ClO4Si.O2Si/c1-6(10)8-7(2)12-14(11,13-8)5-3-4-9;1-3-2/h6-8,10-11H,3-5H2,1-2H3;. The molecule has 1 aliphatic rings. The zero-order valence-electron chi connectivity index (χ0n) is 9.76. The summed E-state index contributed by atoms with van der Waals surface area (Å²) in [5.74, 6) is 0.482. The molecule has 1 heterocycles. The Labute approximate surface area is 108 Å². The van der Waals surface area contributed by atoms with Crippen molar-refractivity contribution < 1.29 is 27.7 Å². The van der Waals surface area contributed by atoms with Crippen molar-refractivity contribution in [1.29, 1.82) is 0 Å². The van der Waals surface area contributed by atoms with Crippen LogP contribution in [-0.4, -0.2) is 52.2 Å². The summed E-state index contributed by atoms with van der Waals surface area (Å²) in [5, 5.41) is 9.36. The van der Waals surface area contributed by atoms with E-state index < -0.39 is 30.3 Å². The van der Waals surface area contributed by atoms with Crippen LogP contribution in [0.15, 0.2) is 0 Å². The molecule has 1 rings (SSSR count). The summed E-state index contributed by atoms with van der Waals surface area (Å²) < 4.78 is 27.6. The highest BCUT2D eigenvalue weighted by molar-refractivity contribution is 6.59. The van der Waals surface area contributed by atoms with Crippen LogP contribution >= 0.6 is 11.6 Å². The van der Waals surface area contributed by atoms with E-state index in [1.54, 1.807) is 13.8 Å². The molecule has 0 aliphatic carbocycles. The molecule has 9 heteroatoms. The van der Waals surface area contributed by atoms with Gasteiger partial charge in [-0.2, -0.15) is 0 Å². The van der Waals surface area contributed by atoms with Crippen LogP contribution in [0.4, 0.5) is 0 Å². The van der Waals surface area contributed by atoms with Crippen LogP contribution in [0.3, 0.4) is 0 Å². The number of alkyl halides is 1. The highest BCUT2D eigenvalue weighted by atomic mass is 35.5. The molecule has 1 aliphatic heterocycles. The zero-order chi connectivity index (χ0) is 13.5. The number of hydrogen-bond acceptors (Lipinski definition) is 6. The van der Waals surface area contributed by atoms with Gasteiger partial charge in [0, 0.05) is 11.9 Å². The first-order chi connectivity index (χ1) is 7.90. The maximum Gasteiger partial charge on any atom is 0.549 e. The van der Waals surface area contributed by atoms with Crippen LogP contribution in [0, 0.1) is 0 Å². The Morgan fingerprint density at radius 2 is 2.00 bits per heavy atom. The summed E-state index contributed by atoms with van der Waals surface area (Å²) in [6, 6.07) is 0.462. The second-order valence-electron chi connectivity index (χ2n) is 3.73. The van der Waals surface area contributed by atoms with Gasteiger partial charge >= 0.3 is 18.1 Å². The van der Waals surface area contributed by atoms with E-state index in [4.69, 9.17) is 29.4 Å². The van der Waals surface area contributed by atoms with Crippen LogP contribution in [0.5, 0.6) is 0 Å². The van der Waals surface area contributed by atoms with Crippen molar-refractivity contribution in [2.75, 3.05) is 5.88 Å². The van der Waals surface area contributed by atoms with Crippen molar-refractivity contribution >= 4 is 29.7 Å². The van der Waals surface area contributed by atoms with Gasteiger partial charge < -0.3 is 18.8 Å². The maximum atomic E-state index is 9.94. The van der Waals surface area contributed by atoms with Gasteiger partial charge in [-0.15, -0.1) is 11.6 Å². The van der Waals surface area contributed by atoms with Crippen molar-refractivity contribution in [3.05, 3.63) is 0 Å². The molecule has 0 bridgehead atoms. The average molecular weight is 301 g/mol. The van der Waals surface area contributed by atoms with Crippen molar-refractivity contribution in [3.63, 3.8) is 0 Å². The zero-order valence-corrected chi connectivity index (χ0v) is 12.5. The largest absolute Gasteiger partial charge is 0.549 e. The third-order valence-corrected chi connectivity index (χ3v) is 4.89. The van der Waals surface area contributed by atoms with Crippen LogP contribution in [0.1, 0.15) is 20.3 Å². The van der Waals surface area contributed by atoms with E-state index in [-0.39, 0.29) is 6.10 Å². The number of hydrogen-bond donors (Lipinski definition) is 2. The van der Waals surface area contributed by atoms with E-state index in [0.29, 0.717) is 18.3 Å². The number of aliphatic hydroxyl groups is 1. The topological polar surface area (TPSA) is 93.1 Å². The molecule has 0 radical (unpaired) electrons. The Morgan fingerprint density at radius 3 is 2.35 bits per heavy atom. The number of rotatable bonds is 4. The van der Waals surface area contributed by atoms with E-state index in [0.717, 1.165) is 0 Å². The summed E-state index contributed by atoms with van der Waals surface area (Å²) in [6.07, 6.45) is -0.615. The molecular weight excluding hydrogens is 284 g/mol. The van der Waals surface area contributed by atoms with Crippen LogP contribution in [-0.2, 0) is 17.8 Å². The van der Waals surface area contributed by atoms with Crippen LogP contribution < -0.4 is 0 Å². The maximum absolute atomic E-state index is 9.94. The van der Waals surface area contributed by atoms with Crippen molar-refractivity contribution in [3.8, 4) is 0 Å². The second-order valence-corrected chi connectivity index (χ2v) is 6.68. The molecule has 0 amide bonds. The van der Waals surface area contributed by atoms with Gasteiger partial charge in [0.25, 0.3) is 0 Å². The van der Waals surface area contributed by atoms with Crippen LogP contribution in [0.2, 0.25) is 6.04 Å². The quantitative estimate of drug-likeness (QED) is 0.565. The molecule has 1 saturated heterocycles. The van der Waals surface area contributed by atoms with E-state index in [2.05, 4.69) is 0 Å². The predicted octanol–water partition coefficient (Wildman–Crippen LogP) is 0.113. The van der Waals surface area contributed by atoms with Gasteiger partial charge in [-0.3, -0.25) is 8.92 Å². The fraction of sp³-hybridized carbons (Fsp3) is 1.00. The number of aliphatic hydroxyl groups excluding tert-OH is 1. The summed E-state index contributed by atoms with van der Waals surface area (Å²) in [5.41, 5.74) is 0. The first-order valence-electron chi connectivity index (χ1n) is 5.21. The number of halogens is 1. The monoisotopic (exact) mass is 300 g/mol. The summed E-state index contributed by atoms with van der Waals surface area (Å²) >= 11 is 5.53. The normalized spacial score (nSPS) is 33.5. The molecule has 0 aromatic carbocycles. The molecule has 4 unspecified atom stereocenters. The van der Waals surface area contributed by atoms with E-state index in [9.17, 15) is 9.90 Å². The summed E-state index contributed by atoms with van der Waals surface area (Å²) in [4.78, 5) is 9.94. The Hall–Kier alpha value is 0.164. The highest BCUT2D eigenvalue weighted by Gasteiger charge is 2.50. The van der Waals surface area contributed by atoms with Crippen molar-refractivity contribution in [1.82, 2.24) is 0 Å². The van der Waals surface area contributed by atoms with Gasteiger partial charge in [0.2, 0.25) is 0 Å². The molecule has 0 aromatic heterocycles. The minimum absolute atomic E-state index is 0.248. The second kappa shape index (κ2) is 8.30. The molecule has 0 saturated carbocycles. The highest BCUT2D eigenvalue weighted by Crippen LogP contribution is 2.28. The summed E-state index contributed by atoms with van der Waals surface area (Å²) in [7, 11) is -4.46. The lowest BCUT2D eigenvalue weighted by Gasteiger charge is -2.17. The first kappa shape index (κ1) is 17.2. The van der Waals surface area contributed by atoms with Gasteiger partial charge in [-0.1, -0.05) is 0 Å². The van der Waals surface area contributed by atoms with Crippen molar-refractivity contribution in [2.24, 2.45) is 0 Å². The molecule has 0 aromatic rings. The minimum Gasteiger partial charge on any atom is -0.391 e. The Kier molecular flexibility index (Phi) is 8.38. The third-order valence-electron chi connectivity index (χ3n) is 2.25.